The summed E-state index contributed by atoms with van der Waals surface area (Å²) in [6.45, 7) is 1.56. The number of carbonyl (C=O) groups excluding carboxylic acids is 2. The molecule has 1 aliphatic carbocycles. The fourth-order valence-electron chi connectivity index (χ4n) is 2.86. The first-order valence-electron chi connectivity index (χ1n) is 8.00. The maximum Gasteiger partial charge on any atom is 0.317 e. The normalized spacial score (nSPS) is 14.7. The van der Waals surface area contributed by atoms with Gasteiger partial charge in [-0.05, 0) is 24.3 Å². The van der Waals surface area contributed by atoms with E-state index in [4.69, 9.17) is 5.73 Å². The zero-order valence-corrected chi connectivity index (χ0v) is 13.0. The first-order chi connectivity index (χ1) is 10.6. The first-order valence-corrected chi connectivity index (χ1v) is 8.00. The summed E-state index contributed by atoms with van der Waals surface area (Å²) in [7, 11) is 0. The monoisotopic (exact) mass is 303 g/mol. The van der Waals surface area contributed by atoms with Crippen molar-refractivity contribution in [1.82, 2.24) is 10.2 Å². The molecule has 0 atom stereocenters. The number of urea groups is 1. The molecule has 0 aliphatic heterocycles. The van der Waals surface area contributed by atoms with Crippen molar-refractivity contribution in [3.8, 4) is 0 Å². The molecule has 1 saturated carbocycles. The highest BCUT2D eigenvalue weighted by Crippen LogP contribution is 2.23. The van der Waals surface area contributed by atoms with E-state index in [0.717, 1.165) is 12.1 Å². The van der Waals surface area contributed by atoms with Crippen molar-refractivity contribution >= 4 is 11.9 Å². The van der Waals surface area contributed by atoms with Gasteiger partial charge >= 0.3 is 6.03 Å². The quantitative estimate of drug-likeness (QED) is 0.810. The molecule has 5 nitrogen and oxygen atoms in total. The number of benzene rings is 1. The molecule has 0 bridgehead atoms. The molecule has 0 heterocycles. The lowest BCUT2D eigenvalue weighted by atomic mass is 10.1. The van der Waals surface area contributed by atoms with Gasteiger partial charge in [0, 0.05) is 26.1 Å². The molecule has 0 aromatic heterocycles. The van der Waals surface area contributed by atoms with E-state index in [1.807, 2.05) is 30.3 Å². The van der Waals surface area contributed by atoms with E-state index in [9.17, 15) is 9.59 Å². The van der Waals surface area contributed by atoms with Crippen LogP contribution in [-0.4, -0.2) is 29.9 Å². The summed E-state index contributed by atoms with van der Waals surface area (Å²) < 4.78 is 0. The fourth-order valence-corrected chi connectivity index (χ4v) is 2.86. The Hall–Kier alpha value is -2.04. The van der Waals surface area contributed by atoms with Crippen LogP contribution in [0.3, 0.4) is 0 Å². The third kappa shape index (κ3) is 5.39. The zero-order chi connectivity index (χ0) is 15.8. The van der Waals surface area contributed by atoms with E-state index in [0.29, 0.717) is 19.0 Å². The van der Waals surface area contributed by atoms with Crippen molar-refractivity contribution in [3.05, 3.63) is 35.9 Å². The molecule has 0 saturated heterocycles. The molecule has 120 valence electrons. The van der Waals surface area contributed by atoms with Gasteiger partial charge in [-0.25, -0.2) is 4.79 Å². The smallest absolute Gasteiger partial charge is 0.317 e. The number of hydrogen-bond acceptors (Lipinski definition) is 2. The van der Waals surface area contributed by atoms with Crippen molar-refractivity contribution in [2.24, 2.45) is 11.7 Å². The Morgan fingerprint density at radius 2 is 1.86 bits per heavy atom. The number of hydrogen-bond donors (Lipinski definition) is 2. The maximum atomic E-state index is 12.4. The highest BCUT2D eigenvalue weighted by atomic mass is 16.2. The van der Waals surface area contributed by atoms with Crippen LogP contribution in [0, 0.1) is 5.92 Å². The molecule has 0 radical (unpaired) electrons. The van der Waals surface area contributed by atoms with Crippen LogP contribution >= 0.6 is 0 Å². The highest BCUT2D eigenvalue weighted by Gasteiger charge is 2.19. The fraction of sp³-hybridized carbons (Fsp3) is 0.529. The SMILES string of the molecule is NC(=O)CCN(Cc1ccccc1)C(=O)NCC1CCCC1. The lowest BCUT2D eigenvalue weighted by molar-refractivity contribution is -0.118. The van der Waals surface area contributed by atoms with Crippen molar-refractivity contribution in [3.63, 3.8) is 0 Å². The lowest BCUT2D eigenvalue weighted by Crippen LogP contribution is -2.42. The van der Waals surface area contributed by atoms with Gasteiger partial charge in [0.2, 0.25) is 5.91 Å². The van der Waals surface area contributed by atoms with E-state index in [-0.39, 0.29) is 18.4 Å². The molecular weight excluding hydrogens is 278 g/mol. The summed E-state index contributed by atoms with van der Waals surface area (Å²) >= 11 is 0. The van der Waals surface area contributed by atoms with E-state index in [1.165, 1.54) is 25.7 Å². The molecule has 5 heteroatoms. The zero-order valence-electron chi connectivity index (χ0n) is 13.0. The second-order valence-electron chi connectivity index (χ2n) is 5.96. The van der Waals surface area contributed by atoms with Gasteiger partial charge < -0.3 is 16.0 Å². The Morgan fingerprint density at radius 1 is 1.18 bits per heavy atom. The first kappa shape index (κ1) is 16.3. The van der Waals surface area contributed by atoms with Crippen molar-refractivity contribution in [2.75, 3.05) is 13.1 Å². The van der Waals surface area contributed by atoms with Gasteiger partial charge in [-0.1, -0.05) is 43.2 Å². The van der Waals surface area contributed by atoms with Crippen LogP contribution in [0.4, 0.5) is 4.79 Å². The number of nitrogens with one attached hydrogen (secondary N) is 1. The predicted molar refractivity (Wildman–Crippen MR) is 86.0 cm³/mol. The molecular formula is C17H25N3O2. The minimum absolute atomic E-state index is 0.114. The van der Waals surface area contributed by atoms with E-state index < -0.39 is 0 Å². The van der Waals surface area contributed by atoms with Crippen molar-refractivity contribution in [2.45, 2.75) is 38.6 Å². The Kier molecular flexibility index (Phi) is 6.25. The standard InChI is InChI=1S/C17H25N3O2/c18-16(21)10-11-20(13-15-8-2-1-3-9-15)17(22)19-12-14-6-4-5-7-14/h1-3,8-9,14H,4-7,10-13H2,(H2,18,21)(H,19,22). The van der Waals surface area contributed by atoms with E-state index >= 15 is 0 Å². The van der Waals surface area contributed by atoms with Crippen LogP contribution in [0.2, 0.25) is 0 Å². The van der Waals surface area contributed by atoms with Crippen LogP contribution in [0.5, 0.6) is 0 Å². The highest BCUT2D eigenvalue weighted by molar-refractivity contribution is 5.77. The Morgan fingerprint density at radius 3 is 2.50 bits per heavy atom. The summed E-state index contributed by atoms with van der Waals surface area (Å²) in [4.78, 5) is 25.1. The van der Waals surface area contributed by atoms with Crippen LogP contribution < -0.4 is 11.1 Å². The second kappa shape index (κ2) is 8.41. The largest absolute Gasteiger partial charge is 0.370 e. The van der Waals surface area contributed by atoms with Crippen LogP contribution in [-0.2, 0) is 11.3 Å². The molecule has 1 aromatic rings. The average molecular weight is 303 g/mol. The van der Waals surface area contributed by atoms with Crippen molar-refractivity contribution in [1.29, 1.82) is 0 Å². The third-order valence-electron chi connectivity index (χ3n) is 4.15. The molecule has 0 spiro atoms. The minimum atomic E-state index is -0.387. The number of nitrogens with zero attached hydrogens (tertiary/aromatic N) is 1. The minimum Gasteiger partial charge on any atom is -0.370 e. The average Bonchev–Trinajstić information content (AvgIpc) is 3.03. The molecule has 3 N–H and O–H groups in total. The Labute approximate surface area is 131 Å². The molecule has 2 rings (SSSR count). The summed E-state index contributed by atoms with van der Waals surface area (Å²) in [6.07, 6.45) is 5.09. The van der Waals surface area contributed by atoms with Gasteiger partial charge in [0.15, 0.2) is 0 Å². The molecule has 1 fully saturated rings. The number of amides is 3. The topological polar surface area (TPSA) is 75.4 Å². The number of rotatable bonds is 7. The Bertz CT molecular complexity index is 484. The molecule has 22 heavy (non-hydrogen) atoms. The van der Waals surface area contributed by atoms with Crippen LogP contribution in [0.1, 0.15) is 37.7 Å². The van der Waals surface area contributed by atoms with Gasteiger partial charge in [0.25, 0.3) is 0 Å². The van der Waals surface area contributed by atoms with Gasteiger partial charge in [-0.3, -0.25) is 4.79 Å². The van der Waals surface area contributed by atoms with Gasteiger partial charge in [-0.15, -0.1) is 0 Å². The number of carbonyl (C=O) groups is 2. The predicted octanol–water partition coefficient (Wildman–Crippen LogP) is 2.26. The van der Waals surface area contributed by atoms with Gasteiger partial charge in [0.1, 0.15) is 0 Å². The Balaban J connectivity index is 1.89. The summed E-state index contributed by atoms with van der Waals surface area (Å²) in [6, 6.07) is 9.66. The van der Waals surface area contributed by atoms with Crippen LogP contribution in [0.15, 0.2) is 30.3 Å². The third-order valence-corrected chi connectivity index (χ3v) is 4.15. The second-order valence-corrected chi connectivity index (χ2v) is 5.96. The van der Waals surface area contributed by atoms with E-state index in [1.54, 1.807) is 4.90 Å². The molecule has 1 aliphatic rings. The number of primary amides is 1. The molecule has 1 aromatic carbocycles. The maximum absolute atomic E-state index is 12.4. The molecule has 3 amide bonds. The van der Waals surface area contributed by atoms with Gasteiger partial charge in [-0.2, -0.15) is 0 Å². The molecule has 0 unspecified atom stereocenters. The summed E-state index contributed by atoms with van der Waals surface area (Å²) in [5, 5.41) is 3.00. The summed E-state index contributed by atoms with van der Waals surface area (Å²) in [5.41, 5.74) is 6.25. The van der Waals surface area contributed by atoms with Crippen molar-refractivity contribution < 1.29 is 9.59 Å². The van der Waals surface area contributed by atoms with Gasteiger partial charge in [0.05, 0.1) is 0 Å². The number of nitrogens with two attached hydrogens (primary N) is 1. The van der Waals surface area contributed by atoms with E-state index in [2.05, 4.69) is 5.32 Å². The summed E-state index contributed by atoms with van der Waals surface area (Å²) in [5.74, 6) is 0.209. The lowest BCUT2D eigenvalue weighted by Gasteiger charge is -2.23. The van der Waals surface area contributed by atoms with Crippen LogP contribution in [0.25, 0.3) is 0 Å².